The molecule has 0 unspecified atom stereocenters. The number of para-hydroxylation sites is 2. The van der Waals surface area contributed by atoms with Gasteiger partial charge >= 0.3 is 159 Å². The Kier molecular flexibility index (Phi) is 4.70. The average Bonchev–Trinajstić information content (AvgIpc) is 3.07. The second-order valence-corrected chi connectivity index (χ2v) is 8.30. The standard InChI is InChI=1S/C22H18N2OSe/c1-16-8-2-7-13-21(16)26-22(25)18-10-4-3-9-17(18)14-24-15-23-19-11-5-6-12-20(19)24/h2-13,15H,14H2,1H3. The number of carbonyl (C=O) groups is 1. The van der Waals surface area contributed by atoms with Gasteiger partial charge in [-0.1, -0.05) is 0 Å². The van der Waals surface area contributed by atoms with Crippen LogP contribution in [0.15, 0.2) is 79.1 Å². The van der Waals surface area contributed by atoms with E-state index >= 15 is 0 Å². The van der Waals surface area contributed by atoms with Crippen molar-refractivity contribution >= 4 is 35.1 Å². The minimum absolute atomic E-state index is 0.215. The Labute approximate surface area is 158 Å². The van der Waals surface area contributed by atoms with Crippen molar-refractivity contribution in [3.8, 4) is 0 Å². The molecule has 4 rings (SSSR count). The molecule has 1 aromatic heterocycles. The van der Waals surface area contributed by atoms with Crippen LogP contribution in [0.25, 0.3) is 11.0 Å². The van der Waals surface area contributed by atoms with E-state index in [-0.39, 0.29) is 19.6 Å². The van der Waals surface area contributed by atoms with E-state index < -0.39 is 0 Å². The summed E-state index contributed by atoms with van der Waals surface area (Å²) in [5.74, 6) is 0. The van der Waals surface area contributed by atoms with Gasteiger partial charge in [-0.2, -0.15) is 0 Å². The third kappa shape index (κ3) is 3.34. The second-order valence-electron chi connectivity index (χ2n) is 6.17. The molecule has 0 N–H and O–H groups in total. The molecule has 0 aliphatic rings. The van der Waals surface area contributed by atoms with E-state index in [2.05, 4.69) is 34.7 Å². The average molecular weight is 405 g/mol. The summed E-state index contributed by atoms with van der Waals surface area (Å²) < 4.78 is 3.46. The third-order valence-corrected chi connectivity index (χ3v) is 6.67. The quantitative estimate of drug-likeness (QED) is 0.476. The summed E-state index contributed by atoms with van der Waals surface area (Å²) in [4.78, 5) is 17.4. The first-order chi connectivity index (χ1) is 12.7. The summed E-state index contributed by atoms with van der Waals surface area (Å²) in [7, 11) is 0. The number of aromatic nitrogens is 2. The number of hydrogen-bond acceptors (Lipinski definition) is 2. The van der Waals surface area contributed by atoms with Crippen molar-refractivity contribution in [2.24, 2.45) is 0 Å². The Bertz CT molecular complexity index is 1080. The molecule has 3 nitrogen and oxygen atoms in total. The molecule has 0 fully saturated rings. The van der Waals surface area contributed by atoms with Gasteiger partial charge in [0.25, 0.3) is 0 Å². The van der Waals surface area contributed by atoms with Crippen LogP contribution in [0.3, 0.4) is 0 Å². The molecule has 0 saturated heterocycles. The van der Waals surface area contributed by atoms with Crippen LogP contribution >= 0.6 is 0 Å². The molecule has 0 aliphatic heterocycles. The van der Waals surface area contributed by atoms with E-state index in [1.165, 1.54) is 5.56 Å². The SMILES string of the molecule is Cc1ccccc1[Se]C(=O)c1ccccc1Cn1cnc2ccccc21. The van der Waals surface area contributed by atoms with Gasteiger partial charge in [0, 0.05) is 0 Å². The van der Waals surface area contributed by atoms with Gasteiger partial charge < -0.3 is 0 Å². The van der Waals surface area contributed by atoms with E-state index in [0.717, 1.165) is 26.6 Å². The molecular weight excluding hydrogens is 387 g/mol. The molecule has 4 heteroatoms. The Balaban J connectivity index is 1.64. The van der Waals surface area contributed by atoms with Crippen molar-refractivity contribution in [3.05, 3.63) is 95.8 Å². The predicted octanol–water partition coefficient (Wildman–Crippen LogP) is 3.56. The fourth-order valence-corrected chi connectivity index (χ4v) is 4.86. The maximum atomic E-state index is 13.0. The summed E-state index contributed by atoms with van der Waals surface area (Å²) >= 11 is -0.224. The second kappa shape index (κ2) is 7.28. The Hall–Kier alpha value is -2.68. The number of hydrogen-bond donors (Lipinski definition) is 0. The molecule has 1 heterocycles. The number of nitrogens with zero attached hydrogens (tertiary/aromatic N) is 2. The van der Waals surface area contributed by atoms with Crippen molar-refractivity contribution in [2.75, 3.05) is 0 Å². The molecule has 4 aromatic rings. The van der Waals surface area contributed by atoms with Crippen molar-refractivity contribution in [1.29, 1.82) is 0 Å². The Morgan fingerprint density at radius 1 is 0.962 bits per heavy atom. The molecule has 0 saturated carbocycles. The van der Waals surface area contributed by atoms with Gasteiger partial charge in [-0.15, -0.1) is 0 Å². The molecular formula is C22H18N2OSe. The Morgan fingerprint density at radius 3 is 2.58 bits per heavy atom. The van der Waals surface area contributed by atoms with Crippen LogP contribution in [0.5, 0.6) is 0 Å². The number of rotatable bonds is 5. The first-order valence-electron chi connectivity index (χ1n) is 8.48. The molecule has 3 aromatic carbocycles. The van der Waals surface area contributed by atoms with Crippen LogP contribution in [0.4, 0.5) is 0 Å². The van der Waals surface area contributed by atoms with E-state index in [0.29, 0.717) is 6.54 Å². The fourth-order valence-electron chi connectivity index (χ4n) is 3.00. The van der Waals surface area contributed by atoms with Crippen molar-refractivity contribution < 1.29 is 4.79 Å². The van der Waals surface area contributed by atoms with Gasteiger partial charge in [0.2, 0.25) is 0 Å². The summed E-state index contributed by atoms with van der Waals surface area (Å²) in [5, 5.41) is 0. The zero-order chi connectivity index (χ0) is 17.9. The van der Waals surface area contributed by atoms with Gasteiger partial charge in [0.05, 0.1) is 0 Å². The predicted molar refractivity (Wildman–Crippen MR) is 106 cm³/mol. The first kappa shape index (κ1) is 16.8. The molecule has 0 bridgehead atoms. The van der Waals surface area contributed by atoms with Crippen LogP contribution in [0.2, 0.25) is 0 Å². The summed E-state index contributed by atoms with van der Waals surface area (Å²) in [6.45, 7) is 2.71. The van der Waals surface area contributed by atoms with Gasteiger partial charge in [0.1, 0.15) is 0 Å². The molecule has 0 atom stereocenters. The number of aryl methyl sites for hydroxylation is 1. The van der Waals surface area contributed by atoms with Crippen molar-refractivity contribution in [3.63, 3.8) is 0 Å². The molecule has 0 amide bonds. The summed E-state index contributed by atoms with van der Waals surface area (Å²) in [6.07, 6.45) is 1.85. The van der Waals surface area contributed by atoms with Gasteiger partial charge in [-0.05, 0) is 0 Å². The zero-order valence-corrected chi connectivity index (χ0v) is 16.1. The first-order valence-corrected chi connectivity index (χ1v) is 10.2. The molecule has 0 radical (unpaired) electrons. The van der Waals surface area contributed by atoms with Gasteiger partial charge in [0.15, 0.2) is 0 Å². The van der Waals surface area contributed by atoms with Crippen LogP contribution in [-0.4, -0.2) is 29.2 Å². The molecule has 26 heavy (non-hydrogen) atoms. The molecule has 0 aliphatic carbocycles. The van der Waals surface area contributed by atoms with Crippen LogP contribution in [0.1, 0.15) is 21.5 Å². The van der Waals surface area contributed by atoms with E-state index in [4.69, 9.17) is 0 Å². The van der Waals surface area contributed by atoms with E-state index in [1.807, 2.05) is 60.9 Å². The van der Waals surface area contributed by atoms with Crippen LogP contribution in [0, 0.1) is 6.92 Å². The van der Waals surface area contributed by atoms with Crippen molar-refractivity contribution in [1.82, 2.24) is 9.55 Å². The number of fused-ring (bicyclic) bond motifs is 1. The topological polar surface area (TPSA) is 34.9 Å². The van der Waals surface area contributed by atoms with Crippen LogP contribution < -0.4 is 4.46 Å². The van der Waals surface area contributed by atoms with Gasteiger partial charge in [-0.3, -0.25) is 0 Å². The number of carbonyl (C=O) groups excluding carboxylic acids is 1. The fraction of sp³-hybridized carbons (Fsp3) is 0.0909. The third-order valence-electron chi connectivity index (χ3n) is 4.40. The number of imidazole rings is 1. The maximum absolute atomic E-state index is 13.0. The summed E-state index contributed by atoms with van der Waals surface area (Å²) in [6, 6.07) is 24.1. The van der Waals surface area contributed by atoms with Gasteiger partial charge in [-0.25, -0.2) is 0 Å². The monoisotopic (exact) mass is 406 g/mol. The number of benzene rings is 3. The minimum atomic E-state index is -0.224. The van der Waals surface area contributed by atoms with Crippen LogP contribution in [-0.2, 0) is 6.54 Å². The van der Waals surface area contributed by atoms with Crippen molar-refractivity contribution in [2.45, 2.75) is 13.5 Å². The summed E-state index contributed by atoms with van der Waals surface area (Å²) in [5.41, 5.74) is 5.09. The van der Waals surface area contributed by atoms with E-state index in [9.17, 15) is 4.79 Å². The normalized spacial score (nSPS) is 11.0. The molecule has 128 valence electrons. The molecule has 0 spiro atoms. The Morgan fingerprint density at radius 2 is 1.69 bits per heavy atom. The van der Waals surface area contributed by atoms with E-state index in [1.54, 1.807) is 0 Å². The zero-order valence-electron chi connectivity index (χ0n) is 14.4.